The van der Waals surface area contributed by atoms with Crippen LogP contribution in [0.15, 0.2) is 59.8 Å². The van der Waals surface area contributed by atoms with Gasteiger partial charge in [-0.05, 0) is 55.0 Å². The van der Waals surface area contributed by atoms with E-state index in [-0.39, 0.29) is 11.3 Å². The molecular formula is C21H27N3O2S2. The molecule has 2 N–H and O–H groups in total. The van der Waals surface area contributed by atoms with E-state index in [2.05, 4.69) is 15.0 Å². The number of nitrogens with one attached hydrogen (secondary N) is 2. The maximum atomic E-state index is 12.5. The fourth-order valence-corrected chi connectivity index (χ4v) is 5.82. The van der Waals surface area contributed by atoms with Crippen LogP contribution in [0.4, 0.5) is 0 Å². The Morgan fingerprint density at radius 1 is 1.18 bits per heavy atom. The summed E-state index contributed by atoms with van der Waals surface area (Å²) in [4.78, 5) is 5.28. The number of aromatic nitrogens is 1. The van der Waals surface area contributed by atoms with E-state index in [1.165, 1.54) is 0 Å². The van der Waals surface area contributed by atoms with Gasteiger partial charge >= 0.3 is 0 Å². The third-order valence-corrected chi connectivity index (χ3v) is 7.78. The lowest BCUT2D eigenvalue weighted by atomic mass is 9.61. The van der Waals surface area contributed by atoms with Gasteiger partial charge < -0.3 is 5.32 Å². The average Bonchev–Trinajstić information content (AvgIpc) is 2.74. The van der Waals surface area contributed by atoms with Crippen molar-refractivity contribution >= 4 is 27.2 Å². The minimum Gasteiger partial charge on any atom is -0.382 e. The van der Waals surface area contributed by atoms with Crippen LogP contribution in [0.3, 0.4) is 0 Å². The molecule has 1 aromatic heterocycles. The third kappa shape index (κ3) is 4.26. The SMILES string of the molecule is CNC(=S)C1(c2ccncc2)CCCC[C@@H]1CCNS(=O)(=O)c1ccccc1. The van der Waals surface area contributed by atoms with Gasteiger partial charge in [0.2, 0.25) is 10.0 Å². The largest absolute Gasteiger partial charge is 0.382 e. The molecule has 2 aromatic rings. The van der Waals surface area contributed by atoms with Crippen LogP contribution in [0.2, 0.25) is 0 Å². The van der Waals surface area contributed by atoms with Gasteiger partial charge in [0.1, 0.15) is 0 Å². The van der Waals surface area contributed by atoms with E-state index in [0.29, 0.717) is 11.4 Å². The Bertz CT molecular complexity index is 888. The Morgan fingerprint density at radius 3 is 2.57 bits per heavy atom. The van der Waals surface area contributed by atoms with E-state index in [4.69, 9.17) is 12.2 Å². The van der Waals surface area contributed by atoms with Crippen LogP contribution in [-0.4, -0.2) is 32.0 Å². The summed E-state index contributed by atoms with van der Waals surface area (Å²) >= 11 is 5.78. The molecule has 1 fully saturated rings. The zero-order valence-electron chi connectivity index (χ0n) is 16.1. The summed E-state index contributed by atoms with van der Waals surface area (Å²) in [5.41, 5.74) is 0.890. The van der Waals surface area contributed by atoms with Crippen LogP contribution >= 0.6 is 12.2 Å². The van der Waals surface area contributed by atoms with Gasteiger partial charge in [-0.1, -0.05) is 43.3 Å². The molecule has 1 unspecified atom stereocenters. The fourth-order valence-electron chi connectivity index (χ4n) is 4.37. The van der Waals surface area contributed by atoms with E-state index in [0.717, 1.165) is 42.7 Å². The smallest absolute Gasteiger partial charge is 0.240 e. The van der Waals surface area contributed by atoms with E-state index < -0.39 is 10.0 Å². The monoisotopic (exact) mass is 417 g/mol. The topological polar surface area (TPSA) is 71.1 Å². The molecule has 1 aromatic carbocycles. The molecule has 0 amide bonds. The summed E-state index contributed by atoms with van der Waals surface area (Å²) in [5, 5.41) is 3.21. The van der Waals surface area contributed by atoms with E-state index in [9.17, 15) is 8.42 Å². The summed E-state index contributed by atoms with van der Waals surface area (Å²) in [5.74, 6) is 0.266. The van der Waals surface area contributed by atoms with Gasteiger partial charge in [-0.15, -0.1) is 0 Å². The molecule has 0 aliphatic heterocycles. The van der Waals surface area contributed by atoms with E-state index in [1.807, 2.05) is 25.2 Å². The number of pyridine rings is 1. The van der Waals surface area contributed by atoms with Gasteiger partial charge in [0, 0.05) is 31.4 Å². The van der Waals surface area contributed by atoms with Gasteiger partial charge in [0.05, 0.1) is 9.88 Å². The summed E-state index contributed by atoms with van der Waals surface area (Å²) < 4.78 is 27.8. The van der Waals surface area contributed by atoms with Crippen LogP contribution < -0.4 is 10.0 Å². The third-order valence-electron chi connectivity index (χ3n) is 5.74. The first-order valence-electron chi connectivity index (χ1n) is 9.68. The predicted octanol–water partition coefficient (Wildman–Crippen LogP) is 3.43. The van der Waals surface area contributed by atoms with Gasteiger partial charge in [0.25, 0.3) is 0 Å². The number of thiocarbonyl (C=S) groups is 1. The lowest BCUT2D eigenvalue weighted by Crippen LogP contribution is -2.50. The lowest BCUT2D eigenvalue weighted by Gasteiger charge is -2.45. The summed E-state index contributed by atoms with van der Waals surface area (Å²) in [6, 6.07) is 12.6. The molecule has 0 spiro atoms. The lowest BCUT2D eigenvalue weighted by molar-refractivity contribution is 0.239. The molecule has 1 aliphatic rings. The minimum absolute atomic E-state index is 0.266. The maximum Gasteiger partial charge on any atom is 0.240 e. The van der Waals surface area contributed by atoms with E-state index >= 15 is 0 Å². The first-order chi connectivity index (χ1) is 13.5. The highest BCUT2D eigenvalue weighted by molar-refractivity contribution is 7.89. The van der Waals surface area contributed by atoms with Crippen molar-refractivity contribution in [2.75, 3.05) is 13.6 Å². The Kier molecular flexibility index (Phi) is 6.80. The van der Waals surface area contributed by atoms with Gasteiger partial charge in [0.15, 0.2) is 0 Å². The quantitative estimate of drug-likeness (QED) is 0.676. The van der Waals surface area contributed by atoms with Crippen LogP contribution in [0.25, 0.3) is 0 Å². The molecular weight excluding hydrogens is 390 g/mol. The molecule has 0 bridgehead atoms. The molecule has 150 valence electrons. The molecule has 3 rings (SSSR count). The van der Waals surface area contributed by atoms with Crippen molar-refractivity contribution in [1.29, 1.82) is 0 Å². The molecule has 7 heteroatoms. The molecule has 0 saturated heterocycles. The number of nitrogens with zero attached hydrogens (tertiary/aromatic N) is 1. The fraction of sp³-hybridized carbons (Fsp3) is 0.429. The molecule has 1 saturated carbocycles. The van der Waals surface area contributed by atoms with E-state index in [1.54, 1.807) is 36.7 Å². The highest BCUT2D eigenvalue weighted by Gasteiger charge is 2.45. The Labute approximate surface area is 173 Å². The second kappa shape index (κ2) is 9.11. The van der Waals surface area contributed by atoms with Crippen molar-refractivity contribution in [3.05, 3.63) is 60.4 Å². The normalized spacial score (nSPS) is 22.5. The Hall–Kier alpha value is -1.83. The van der Waals surface area contributed by atoms with Crippen LogP contribution in [-0.2, 0) is 15.4 Å². The molecule has 5 nitrogen and oxygen atoms in total. The highest BCUT2D eigenvalue weighted by atomic mass is 32.2. The van der Waals surface area contributed by atoms with Crippen molar-refractivity contribution in [3.8, 4) is 0 Å². The standard InChI is InChI=1S/C21H27N3O2S2/c1-22-20(27)21(18-10-14-23-15-11-18)13-6-5-7-17(21)12-16-24-28(25,26)19-8-3-2-4-9-19/h2-4,8-11,14-15,17,24H,5-7,12-13,16H2,1H3,(H,22,27)/t17-,21?/m1/s1. The zero-order valence-corrected chi connectivity index (χ0v) is 17.7. The van der Waals surface area contributed by atoms with Gasteiger partial charge in [-0.2, -0.15) is 0 Å². The molecule has 2 atom stereocenters. The van der Waals surface area contributed by atoms with Crippen molar-refractivity contribution in [2.45, 2.75) is 42.4 Å². The van der Waals surface area contributed by atoms with Crippen molar-refractivity contribution in [3.63, 3.8) is 0 Å². The highest BCUT2D eigenvalue weighted by Crippen LogP contribution is 2.46. The van der Waals surface area contributed by atoms with Crippen LogP contribution in [0.1, 0.15) is 37.7 Å². The Morgan fingerprint density at radius 2 is 1.89 bits per heavy atom. The Balaban J connectivity index is 1.80. The molecule has 28 heavy (non-hydrogen) atoms. The molecule has 0 radical (unpaired) electrons. The van der Waals surface area contributed by atoms with Crippen LogP contribution in [0.5, 0.6) is 0 Å². The minimum atomic E-state index is -3.50. The summed E-state index contributed by atoms with van der Waals surface area (Å²) in [6.45, 7) is 0.390. The van der Waals surface area contributed by atoms with Gasteiger partial charge in [-0.25, -0.2) is 13.1 Å². The predicted molar refractivity (Wildman–Crippen MR) is 116 cm³/mol. The number of sulfonamides is 1. The molecule has 1 aliphatic carbocycles. The number of rotatable bonds is 7. The number of likely N-dealkylation sites (N-methyl/N-ethyl adjacent to an activating group) is 1. The first-order valence-corrected chi connectivity index (χ1v) is 11.6. The number of hydrogen-bond acceptors (Lipinski definition) is 4. The van der Waals surface area contributed by atoms with Crippen molar-refractivity contribution in [1.82, 2.24) is 15.0 Å². The zero-order chi connectivity index (χ0) is 20.0. The summed E-state index contributed by atoms with van der Waals surface area (Å²) in [6.07, 6.45) is 8.57. The number of benzene rings is 1. The number of hydrogen-bond donors (Lipinski definition) is 2. The second-order valence-corrected chi connectivity index (χ2v) is 9.40. The van der Waals surface area contributed by atoms with Crippen LogP contribution in [0, 0.1) is 5.92 Å². The molecule has 1 heterocycles. The average molecular weight is 418 g/mol. The van der Waals surface area contributed by atoms with Crippen molar-refractivity contribution < 1.29 is 8.42 Å². The first kappa shape index (κ1) is 20.9. The second-order valence-electron chi connectivity index (χ2n) is 7.23. The maximum absolute atomic E-state index is 12.5. The van der Waals surface area contributed by atoms with Crippen molar-refractivity contribution in [2.24, 2.45) is 5.92 Å². The van der Waals surface area contributed by atoms with Gasteiger partial charge in [-0.3, -0.25) is 4.98 Å². The summed E-state index contributed by atoms with van der Waals surface area (Å²) in [7, 11) is -1.63.